The third kappa shape index (κ3) is 2.30. The van der Waals surface area contributed by atoms with Crippen molar-refractivity contribution in [3.05, 3.63) is 58.1 Å². The fourth-order valence-corrected chi connectivity index (χ4v) is 2.54. The first kappa shape index (κ1) is 12.8. The van der Waals surface area contributed by atoms with E-state index in [0.717, 1.165) is 26.9 Å². The Bertz CT molecular complexity index is 812. The van der Waals surface area contributed by atoms with Crippen molar-refractivity contribution in [1.29, 1.82) is 5.26 Å². The Hall–Kier alpha value is -2.19. The number of nitriles is 1. The van der Waals surface area contributed by atoms with Gasteiger partial charge in [-0.15, -0.1) is 0 Å². The fourth-order valence-electron chi connectivity index (χ4n) is 2.20. The quantitative estimate of drug-likeness (QED) is 0.725. The van der Waals surface area contributed by atoms with Gasteiger partial charge in [0.2, 0.25) is 0 Å². The molecule has 4 nitrogen and oxygen atoms in total. The highest BCUT2D eigenvalue weighted by Gasteiger charge is 2.08. The standard InChI is InChI=1S/C15H11BrN4/c1-10-4-12-5-13(16)8-19-15(12)20(10)9-14-3-2-11(6-17)7-18-14/h2-5,7-8H,9H2,1H3. The van der Waals surface area contributed by atoms with Crippen molar-refractivity contribution in [2.45, 2.75) is 13.5 Å². The van der Waals surface area contributed by atoms with Gasteiger partial charge in [0.25, 0.3) is 0 Å². The number of aromatic nitrogens is 3. The molecule has 5 heteroatoms. The average Bonchev–Trinajstić information content (AvgIpc) is 2.75. The fraction of sp³-hybridized carbons (Fsp3) is 0.133. The van der Waals surface area contributed by atoms with Gasteiger partial charge in [0.1, 0.15) is 11.7 Å². The lowest BCUT2D eigenvalue weighted by Gasteiger charge is -2.07. The Morgan fingerprint density at radius 3 is 2.80 bits per heavy atom. The minimum absolute atomic E-state index is 0.574. The van der Waals surface area contributed by atoms with Crippen molar-refractivity contribution >= 4 is 27.0 Å². The zero-order valence-corrected chi connectivity index (χ0v) is 12.4. The number of rotatable bonds is 2. The summed E-state index contributed by atoms with van der Waals surface area (Å²) in [5.74, 6) is 0. The summed E-state index contributed by atoms with van der Waals surface area (Å²) in [5.41, 5.74) is 3.56. The zero-order valence-electron chi connectivity index (χ0n) is 10.8. The highest BCUT2D eigenvalue weighted by molar-refractivity contribution is 9.10. The van der Waals surface area contributed by atoms with Crippen LogP contribution in [0.5, 0.6) is 0 Å². The molecule has 0 aliphatic heterocycles. The summed E-state index contributed by atoms with van der Waals surface area (Å²) in [5, 5.41) is 9.89. The van der Waals surface area contributed by atoms with Crippen LogP contribution in [0.1, 0.15) is 17.0 Å². The van der Waals surface area contributed by atoms with Crippen LogP contribution in [0.3, 0.4) is 0 Å². The molecule has 0 aromatic carbocycles. The van der Waals surface area contributed by atoms with E-state index in [4.69, 9.17) is 5.26 Å². The summed E-state index contributed by atoms with van der Waals surface area (Å²) in [4.78, 5) is 8.78. The molecule has 0 aliphatic rings. The van der Waals surface area contributed by atoms with E-state index in [9.17, 15) is 0 Å². The maximum atomic E-state index is 8.79. The van der Waals surface area contributed by atoms with Gasteiger partial charge < -0.3 is 4.57 Å². The molecule has 3 rings (SSSR count). The monoisotopic (exact) mass is 326 g/mol. The molecule has 3 aromatic heterocycles. The molecule has 0 saturated carbocycles. The van der Waals surface area contributed by atoms with Crippen LogP contribution in [-0.2, 0) is 6.54 Å². The summed E-state index contributed by atoms with van der Waals surface area (Å²) in [6.45, 7) is 2.70. The molecule has 0 spiro atoms. The largest absolute Gasteiger partial charge is 0.324 e. The third-order valence-electron chi connectivity index (χ3n) is 3.18. The second-order valence-electron chi connectivity index (χ2n) is 4.59. The number of aryl methyl sites for hydroxylation is 1. The zero-order chi connectivity index (χ0) is 14.1. The van der Waals surface area contributed by atoms with E-state index in [0.29, 0.717) is 12.1 Å². The molecule has 98 valence electrons. The summed E-state index contributed by atoms with van der Waals surface area (Å²) < 4.78 is 3.09. The summed E-state index contributed by atoms with van der Waals surface area (Å²) in [6.07, 6.45) is 3.39. The predicted molar refractivity (Wildman–Crippen MR) is 80.2 cm³/mol. The molecule has 0 aliphatic carbocycles. The van der Waals surface area contributed by atoms with Crippen molar-refractivity contribution in [1.82, 2.24) is 14.5 Å². The molecule has 3 aromatic rings. The molecule has 0 amide bonds. The van der Waals surface area contributed by atoms with Crippen molar-refractivity contribution < 1.29 is 0 Å². The van der Waals surface area contributed by atoms with Crippen molar-refractivity contribution in [3.8, 4) is 6.07 Å². The van der Waals surface area contributed by atoms with Crippen LogP contribution >= 0.6 is 15.9 Å². The smallest absolute Gasteiger partial charge is 0.140 e. The van der Waals surface area contributed by atoms with Gasteiger partial charge in [-0.2, -0.15) is 5.26 Å². The lowest BCUT2D eigenvalue weighted by molar-refractivity contribution is 0.771. The van der Waals surface area contributed by atoms with E-state index < -0.39 is 0 Å². The first-order valence-corrected chi connectivity index (χ1v) is 6.93. The lowest BCUT2D eigenvalue weighted by Crippen LogP contribution is -2.04. The third-order valence-corrected chi connectivity index (χ3v) is 3.62. The molecule has 0 fully saturated rings. The number of nitrogens with zero attached hydrogens (tertiary/aromatic N) is 4. The van der Waals surface area contributed by atoms with Gasteiger partial charge in [0.15, 0.2) is 0 Å². The second-order valence-corrected chi connectivity index (χ2v) is 5.50. The minimum Gasteiger partial charge on any atom is -0.324 e. The Morgan fingerprint density at radius 1 is 1.25 bits per heavy atom. The SMILES string of the molecule is Cc1cc2cc(Br)cnc2n1Cc1ccc(C#N)cn1. The molecule has 0 atom stereocenters. The highest BCUT2D eigenvalue weighted by Crippen LogP contribution is 2.22. The molecule has 20 heavy (non-hydrogen) atoms. The Labute approximate surface area is 124 Å². The average molecular weight is 327 g/mol. The van der Waals surface area contributed by atoms with E-state index in [1.165, 1.54) is 0 Å². The number of pyridine rings is 2. The van der Waals surface area contributed by atoms with Gasteiger partial charge in [-0.05, 0) is 47.1 Å². The topological polar surface area (TPSA) is 54.5 Å². The van der Waals surface area contributed by atoms with Crippen LogP contribution in [0.15, 0.2) is 41.1 Å². The maximum Gasteiger partial charge on any atom is 0.140 e. The molecule has 0 unspecified atom stereocenters. The molecule has 0 bridgehead atoms. The van der Waals surface area contributed by atoms with E-state index in [1.807, 2.05) is 6.07 Å². The Kier molecular flexibility index (Phi) is 3.25. The molecule has 0 radical (unpaired) electrons. The van der Waals surface area contributed by atoms with Gasteiger partial charge in [-0.1, -0.05) is 0 Å². The lowest BCUT2D eigenvalue weighted by atomic mass is 10.2. The molecular weight excluding hydrogens is 316 g/mol. The molecule has 3 heterocycles. The molecule has 0 N–H and O–H groups in total. The van der Waals surface area contributed by atoms with Crippen molar-refractivity contribution in [3.63, 3.8) is 0 Å². The number of fused-ring (bicyclic) bond motifs is 1. The molecular formula is C15H11BrN4. The summed E-state index contributed by atoms with van der Waals surface area (Å²) in [7, 11) is 0. The van der Waals surface area contributed by atoms with Gasteiger partial charge in [-0.3, -0.25) is 4.98 Å². The van der Waals surface area contributed by atoms with Gasteiger partial charge in [0, 0.05) is 27.9 Å². The second kappa shape index (κ2) is 5.06. The van der Waals surface area contributed by atoms with Crippen molar-refractivity contribution in [2.24, 2.45) is 0 Å². The van der Waals surface area contributed by atoms with Gasteiger partial charge in [-0.25, -0.2) is 4.98 Å². The first-order valence-electron chi connectivity index (χ1n) is 6.14. The van der Waals surface area contributed by atoms with Crippen LogP contribution in [0.2, 0.25) is 0 Å². The van der Waals surface area contributed by atoms with Crippen LogP contribution in [0, 0.1) is 18.3 Å². The maximum absolute atomic E-state index is 8.79. The van der Waals surface area contributed by atoms with E-state index in [2.05, 4.69) is 55.6 Å². The van der Waals surface area contributed by atoms with E-state index >= 15 is 0 Å². The van der Waals surface area contributed by atoms with Crippen LogP contribution in [-0.4, -0.2) is 14.5 Å². The van der Waals surface area contributed by atoms with E-state index in [-0.39, 0.29) is 0 Å². The Morgan fingerprint density at radius 2 is 2.10 bits per heavy atom. The van der Waals surface area contributed by atoms with Crippen LogP contribution in [0.25, 0.3) is 11.0 Å². The van der Waals surface area contributed by atoms with Crippen LogP contribution < -0.4 is 0 Å². The Balaban J connectivity index is 2.01. The summed E-state index contributed by atoms with van der Waals surface area (Å²) >= 11 is 3.43. The minimum atomic E-state index is 0.574. The molecule has 0 saturated heterocycles. The van der Waals surface area contributed by atoms with Gasteiger partial charge >= 0.3 is 0 Å². The number of hydrogen-bond donors (Lipinski definition) is 0. The summed E-state index contributed by atoms with van der Waals surface area (Å²) in [6, 6.07) is 9.90. The highest BCUT2D eigenvalue weighted by atomic mass is 79.9. The van der Waals surface area contributed by atoms with Crippen molar-refractivity contribution in [2.75, 3.05) is 0 Å². The predicted octanol–water partition coefficient (Wildman–Crippen LogP) is 3.42. The normalized spacial score (nSPS) is 10.7. The van der Waals surface area contributed by atoms with Crippen LogP contribution in [0.4, 0.5) is 0 Å². The first-order chi connectivity index (χ1) is 9.67. The number of hydrogen-bond acceptors (Lipinski definition) is 3. The van der Waals surface area contributed by atoms with E-state index in [1.54, 1.807) is 18.5 Å². The van der Waals surface area contributed by atoms with Gasteiger partial charge in [0.05, 0.1) is 17.8 Å². The number of halogens is 1.